The van der Waals surface area contributed by atoms with Crippen molar-refractivity contribution < 1.29 is 19.1 Å². The number of nitrogens with one attached hydrogen (secondary N) is 1. The molecule has 5 nitrogen and oxygen atoms in total. The summed E-state index contributed by atoms with van der Waals surface area (Å²) in [5, 5.41) is 2.72. The zero-order valence-electron chi connectivity index (χ0n) is 10.7. The highest BCUT2D eigenvalue weighted by molar-refractivity contribution is 5.99. The Morgan fingerprint density at radius 3 is 2.12 bits per heavy atom. The summed E-state index contributed by atoms with van der Waals surface area (Å²) in [5.41, 5.74) is 0.298. The van der Waals surface area contributed by atoms with E-state index >= 15 is 0 Å². The average molecular weight is 241 g/mol. The largest absolute Gasteiger partial charge is 0.463 e. The molecule has 1 N–H and O–H groups in total. The SMILES string of the molecule is C/C=C\N/C(C(=O)OCC)=C(\C)C(=O)OCC. The van der Waals surface area contributed by atoms with Gasteiger partial charge in [-0.05, 0) is 33.9 Å². The lowest BCUT2D eigenvalue weighted by molar-refractivity contribution is -0.142. The number of carbonyl (C=O) groups is 2. The van der Waals surface area contributed by atoms with Gasteiger partial charge in [-0.25, -0.2) is 9.59 Å². The van der Waals surface area contributed by atoms with Gasteiger partial charge in [0.15, 0.2) is 0 Å². The highest BCUT2D eigenvalue weighted by Crippen LogP contribution is 2.06. The quantitative estimate of drug-likeness (QED) is 0.564. The fourth-order valence-corrected chi connectivity index (χ4v) is 1.03. The first kappa shape index (κ1) is 15.2. The molecular weight excluding hydrogens is 222 g/mol. The van der Waals surface area contributed by atoms with Gasteiger partial charge in [-0.1, -0.05) is 6.08 Å². The first-order chi connectivity index (χ1) is 8.08. The highest BCUT2D eigenvalue weighted by Gasteiger charge is 2.18. The molecule has 0 unspecified atom stereocenters. The minimum atomic E-state index is -0.573. The van der Waals surface area contributed by atoms with Crippen molar-refractivity contribution in [2.24, 2.45) is 0 Å². The van der Waals surface area contributed by atoms with Gasteiger partial charge in [-0.15, -0.1) is 0 Å². The van der Waals surface area contributed by atoms with Crippen molar-refractivity contribution >= 4 is 11.9 Å². The predicted octanol–water partition coefficient (Wildman–Crippen LogP) is 1.51. The van der Waals surface area contributed by atoms with Gasteiger partial charge < -0.3 is 14.8 Å². The Kier molecular flexibility index (Phi) is 7.50. The zero-order valence-corrected chi connectivity index (χ0v) is 10.7. The van der Waals surface area contributed by atoms with E-state index in [-0.39, 0.29) is 24.5 Å². The Balaban J connectivity index is 5.04. The van der Waals surface area contributed by atoms with Crippen LogP contribution in [0.15, 0.2) is 23.5 Å². The second-order valence-electron chi connectivity index (χ2n) is 3.09. The van der Waals surface area contributed by atoms with Crippen molar-refractivity contribution in [2.75, 3.05) is 13.2 Å². The van der Waals surface area contributed by atoms with Gasteiger partial charge in [0.05, 0.1) is 18.8 Å². The van der Waals surface area contributed by atoms with Crippen LogP contribution in [0.3, 0.4) is 0 Å². The van der Waals surface area contributed by atoms with E-state index in [0.717, 1.165) is 0 Å². The van der Waals surface area contributed by atoms with Crippen molar-refractivity contribution in [3.8, 4) is 0 Å². The number of carbonyl (C=O) groups excluding carboxylic acids is 2. The fourth-order valence-electron chi connectivity index (χ4n) is 1.03. The number of hydrogen-bond donors (Lipinski definition) is 1. The lowest BCUT2D eigenvalue weighted by atomic mass is 10.2. The molecule has 0 rings (SSSR count). The second-order valence-corrected chi connectivity index (χ2v) is 3.09. The smallest absolute Gasteiger partial charge is 0.355 e. The Morgan fingerprint density at radius 2 is 1.65 bits per heavy atom. The molecule has 0 atom stereocenters. The molecule has 96 valence electrons. The van der Waals surface area contributed by atoms with Crippen molar-refractivity contribution in [1.82, 2.24) is 5.32 Å². The predicted molar refractivity (Wildman–Crippen MR) is 63.9 cm³/mol. The van der Waals surface area contributed by atoms with Crippen LogP contribution in [0, 0.1) is 0 Å². The third-order valence-corrected chi connectivity index (χ3v) is 1.83. The van der Waals surface area contributed by atoms with E-state index in [9.17, 15) is 9.59 Å². The van der Waals surface area contributed by atoms with Crippen molar-refractivity contribution in [2.45, 2.75) is 27.7 Å². The molecule has 0 aliphatic carbocycles. The lowest BCUT2D eigenvalue weighted by Gasteiger charge is -2.10. The van der Waals surface area contributed by atoms with Crippen LogP contribution in [-0.4, -0.2) is 25.2 Å². The molecule has 0 saturated heterocycles. The van der Waals surface area contributed by atoms with Crippen LogP contribution in [0.2, 0.25) is 0 Å². The van der Waals surface area contributed by atoms with Crippen LogP contribution in [0.5, 0.6) is 0 Å². The second kappa shape index (κ2) is 8.38. The lowest BCUT2D eigenvalue weighted by Crippen LogP contribution is -2.23. The van der Waals surface area contributed by atoms with Gasteiger partial charge in [-0.3, -0.25) is 0 Å². The Labute approximate surface area is 101 Å². The monoisotopic (exact) mass is 241 g/mol. The van der Waals surface area contributed by atoms with E-state index < -0.39 is 11.9 Å². The van der Waals surface area contributed by atoms with Crippen LogP contribution in [0.1, 0.15) is 27.7 Å². The van der Waals surface area contributed by atoms with E-state index in [0.29, 0.717) is 0 Å². The number of rotatable bonds is 6. The van der Waals surface area contributed by atoms with Gasteiger partial charge in [0, 0.05) is 0 Å². The van der Waals surface area contributed by atoms with Crippen molar-refractivity contribution in [3.63, 3.8) is 0 Å². The molecule has 0 aromatic carbocycles. The minimum absolute atomic E-state index is 0.100. The third-order valence-electron chi connectivity index (χ3n) is 1.83. The Bertz CT molecular complexity index is 331. The number of hydrogen-bond acceptors (Lipinski definition) is 5. The Hall–Kier alpha value is -1.78. The summed E-state index contributed by atoms with van der Waals surface area (Å²) in [6.07, 6.45) is 3.26. The number of esters is 2. The van der Waals surface area contributed by atoms with Gasteiger partial charge in [0.25, 0.3) is 0 Å². The maximum atomic E-state index is 11.6. The molecule has 0 radical (unpaired) electrons. The molecule has 0 bridgehead atoms. The van der Waals surface area contributed by atoms with Gasteiger partial charge in [0.1, 0.15) is 5.70 Å². The van der Waals surface area contributed by atoms with E-state index in [1.807, 2.05) is 0 Å². The summed E-state index contributed by atoms with van der Waals surface area (Å²) in [7, 11) is 0. The summed E-state index contributed by atoms with van der Waals surface area (Å²) < 4.78 is 9.67. The van der Waals surface area contributed by atoms with Crippen LogP contribution in [0.25, 0.3) is 0 Å². The molecule has 0 aliphatic heterocycles. The van der Waals surface area contributed by atoms with E-state index in [2.05, 4.69) is 5.32 Å². The topological polar surface area (TPSA) is 64.6 Å². The summed E-state index contributed by atoms with van der Waals surface area (Å²) in [4.78, 5) is 23.1. The molecule has 0 heterocycles. The van der Waals surface area contributed by atoms with Crippen LogP contribution in [-0.2, 0) is 19.1 Å². The summed E-state index contributed by atoms with van der Waals surface area (Å²) >= 11 is 0. The molecule has 5 heteroatoms. The molecule has 0 saturated carbocycles. The zero-order chi connectivity index (χ0) is 13.3. The molecule has 17 heavy (non-hydrogen) atoms. The third kappa shape index (κ3) is 5.19. The van der Waals surface area contributed by atoms with Gasteiger partial charge in [-0.2, -0.15) is 0 Å². The number of ether oxygens (including phenoxy) is 2. The van der Waals surface area contributed by atoms with Crippen molar-refractivity contribution in [1.29, 1.82) is 0 Å². The molecule has 0 spiro atoms. The van der Waals surface area contributed by atoms with Crippen LogP contribution in [0.4, 0.5) is 0 Å². The molecule has 0 amide bonds. The first-order valence-corrected chi connectivity index (χ1v) is 5.51. The minimum Gasteiger partial charge on any atom is -0.463 e. The number of allylic oxidation sites excluding steroid dienone is 1. The van der Waals surface area contributed by atoms with E-state index in [1.165, 1.54) is 6.92 Å². The Morgan fingerprint density at radius 1 is 1.12 bits per heavy atom. The van der Waals surface area contributed by atoms with Gasteiger partial charge in [0.2, 0.25) is 0 Å². The summed E-state index contributed by atoms with van der Waals surface area (Å²) in [5.74, 6) is -1.11. The summed E-state index contributed by atoms with van der Waals surface area (Å²) in [6.45, 7) is 7.21. The van der Waals surface area contributed by atoms with Crippen LogP contribution < -0.4 is 5.32 Å². The maximum Gasteiger partial charge on any atom is 0.355 e. The summed E-state index contributed by atoms with van der Waals surface area (Å²) in [6, 6.07) is 0. The highest BCUT2D eigenvalue weighted by atomic mass is 16.5. The standard InChI is InChI=1S/C12H19NO4/c1-5-8-13-10(12(15)17-7-3)9(4)11(14)16-6-2/h5,8,13H,6-7H2,1-4H3/b8-5-,10-9+. The molecule has 0 aromatic heterocycles. The fraction of sp³-hybridized carbons (Fsp3) is 0.500. The molecule has 0 fully saturated rings. The van der Waals surface area contributed by atoms with E-state index in [4.69, 9.17) is 9.47 Å². The maximum absolute atomic E-state index is 11.6. The average Bonchev–Trinajstić information content (AvgIpc) is 2.30. The van der Waals surface area contributed by atoms with Crippen LogP contribution >= 0.6 is 0 Å². The van der Waals surface area contributed by atoms with Gasteiger partial charge >= 0.3 is 11.9 Å². The van der Waals surface area contributed by atoms with Crippen molar-refractivity contribution in [3.05, 3.63) is 23.5 Å². The first-order valence-electron chi connectivity index (χ1n) is 5.51. The normalized spacial score (nSPS) is 12.0. The van der Waals surface area contributed by atoms with E-state index in [1.54, 1.807) is 33.0 Å². The molecular formula is C12H19NO4. The molecule has 0 aliphatic rings. The molecule has 0 aromatic rings.